The molecular weight excluding hydrogens is 306 g/mol. The Kier molecular flexibility index (Phi) is 6.57. The van der Waals surface area contributed by atoms with E-state index in [2.05, 4.69) is 32.0 Å². The molecule has 25 heavy (non-hydrogen) atoms. The summed E-state index contributed by atoms with van der Waals surface area (Å²) in [5, 5.41) is 0. The lowest BCUT2D eigenvalue weighted by molar-refractivity contribution is 0.0216. The first-order valence-corrected chi connectivity index (χ1v) is 10.7. The normalized spacial score (nSPS) is 28.9. The van der Waals surface area contributed by atoms with E-state index in [0.717, 1.165) is 25.9 Å². The van der Waals surface area contributed by atoms with Crippen LogP contribution in [0.2, 0.25) is 0 Å². The van der Waals surface area contributed by atoms with E-state index in [1.807, 2.05) is 0 Å². The van der Waals surface area contributed by atoms with Crippen LogP contribution in [0.15, 0.2) is 18.2 Å². The molecule has 0 saturated heterocycles. The van der Waals surface area contributed by atoms with Crippen molar-refractivity contribution in [3.63, 3.8) is 0 Å². The van der Waals surface area contributed by atoms with E-state index in [1.54, 1.807) is 0 Å². The zero-order valence-corrected chi connectivity index (χ0v) is 16.4. The van der Waals surface area contributed by atoms with Gasteiger partial charge in [-0.15, -0.1) is 0 Å². The van der Waals surface area contributed by atoms with Gasteiger partial charge in [0, 0.05) is 5.54 Å². The van der Waals surface area contributed by atoms with Gasteiger partial charge in [-0.1, -0.05) is 64.2 Å². The summed E-state index contributed by atoms with van der Waals surface area (Å²) < 4.78 is 6.17. The van der Waals surface area contributed by atoms with Crippen LogP contribution in [0.5, 0.6) is 0 Å². The third-order valence-corrected chi connectivity index (χ3v) is 6.60. The molecule has 2 N–H and O–H groups in total. The highest BCUT2D eigenvalue weighted by molar-refractivity contribution is 5.36. The molecule has 1 heterocycles. The van der Waals surface area contributed by atoms with Crippen LogP contribution in [-0.4, -0.2) is 11.6 Å². The zero-order valence-electron chi connectivity index (χ0n) is 16.4. The molecule has 3 rings (SSSR count). The maximum absolute atomic E-state index is 6.49. The van der Waals surface area contributed by atoms with Gasteiger partial charge in [0.2, 0.25) is 0 Å². The van der Waals surface area contributed by atoms with E-state index < -0.39 is 0 Å². The van der Waals surface area contributed by atoms with Crippen molar-refractivity contribution in [1.82, 2.24) is 0 Å². The molecule has 0 aromatic heterocycles. The summed E-state index contributed by atoms with van der Waals surface area (Å²) in [6, 6.07) is 7.16. The molecule has 0 amide bonds. The fourth-order valence-electron chi connectivity index (χ4n) is 4.67. The number of ether oxygens (including phenoxy) is 1. The molecule has 2 aliphatic rings. The topological polar surface area (TPSA) is 35.2 Å². The molecule has 1 aromatic carbocycles. The largest absolute Gasteiger partial charge is 0.373 e. The van der Waals surface area contributed by atoms with Gasteiger partial charge in [0.1, 0.15) is 0 Å². The van der Waals surface area contributed by atoms with Crippen molar-refractivity contribution >= 4 is 0 Å². The van der Waals surface area contributed by atoms with Crippen molar-refractivity contribution < 1.29 is 4.74 Å². The third kappa shape index (κ3) is 4.86. The lowest BCUT2D eigenvalue weighted by Crippen LogP contribution is -2.35. The second-order valence-corrected chi connectivity index (χ2v) is 8.52. The first-order valence-electron chi connectivity index (χ1n) is 10.7. The molecule has 140 valence electrons. The first kappa shape index (κ1) is 18.9. The van der Waals surface area contributed by atoms with Gasteiger partial charge in [-0.25, -0.2) is 0 Å². The average molecular weight is 344 g/mol. The smallest absolute Gasteiger partial charge is 0.0723 e. The minimum Gasteiger partial charge on any atom is -0.373 e. The van der Waals surface area contributed by atoms with Gasteiger partial charge in [0.25, 0.3) is 0 Å². The second-order valence-electron chi connectivity index (χ2n) is 8.52. The van der Waals surface area contributed by atoms with Gasteiger partial charge in [0.15, 0.2) is 0 Å². The third-order valence-electron chi connectivity index (χ3n) is 6.60. The molecule has 2 nitrogen and oxygen atoms in total. The summed E-state index contributed by atoms with van der Waals surface area (Å²) in [6.07, 6.45) is 14.2. The number of rotatable bonds is 8. The molecule has 1 aliphatic heterocycles. The lowest BCUT2D eigenvalue weighted by Gasteiger charge is -2.27. The van der Waals surface area contributed by atoms with Crippen molar-refractivity contribution in [1.29, 1.82) is 0 Å². The molecular formula is C23H37NO. The Morgan fingerprint density at radius 3 is 2.72 bits per heavy atom. The van der Waals surface area contributed by atoms with Crippen molar-refractivity contribution in [3.05, 3.63) is 34.9 Å². The van der Waals surface area contributed by atoms with Gasteiger partial charge >= 0.3 is 0 Å². The summed E-state index contributed by atoms with van der Waals surface area (Å²) in [5.41, 5.74) is 11.0. The molecule has 0 radical (unpaired) electrons. The van der Waals surface area contributed by atoms with Crippen LogP contribution in [0, 0.1) is 0 Å². The summed E-state index contributed by atoms with van der Waals surface area (Å²) in [6.45, 7) is 5.30. The number of hydrogen-bond acceptors (Lipinski definition) is 2. The van der Waals surface area contributed by atoms with Crippen LogP contribution in [0.25, 0.3) is 0 Å². The van der Waals surface area contributed by atoms with Gasteiger partial charge < -0.3 is 10.5 Å². The Morgan fingerprint density at radius 2 is 1.96 bits per heavy atom. The second kappa shape index (κ2) is 8.68. The molecule has 0 bridgehead atoms. The highest BCUT2D eigenvalue weighted by Gasteiger charge is 2.35. The summed E-state index contributed by atoms with van der Waals surface area (Å²) in [7, 11) is 0. The SMILES string of the molecule is CCCCCCC[C@H]1Cc2ccc([C@H]3CC[C@](N)(CC)C3)cc2CO1. The summed E-state index contributed by atoms with van der Waals surface area (Å²) in [5.74, 6) is 0.645. The molecule has 3 atom stereocenters. The Hall–Kier alpha value is -0.860. The van der Waals surface area contributed by atoms with Crippen molar-refractivity contribution in [2.24, 2.45) is 5.73 Å². The lowest BCUT2D eigenvalue weighted by atomic mass is 9.88. The summed E-state index contributed by atoms with van der Waals surface area (Å²) in [4.78, 5) is 0. The molecule has 1 fully saturated rings. The number of benzene rings is 1. The van der Waals surface area contributed by atoms with E-state index in [9.17, 15) is 0 Å². The van der Waals surface area contributed by atoms with Crippen LogP contribution in [0.1, 0.15) is 101 Å². The van der Waals surface area contributed by atoms with Crippen LogP contribution in [0.3, 0.4) is 0 Å². The predicted molar refractivity (Wildman–Crippen MR) is 106 cm³/mol. The van der Waals surface area contributed by atoms with Gasteiger partial charge in [-0.2, -0.15) is 0 Å². The summed E-state index contributed by atoms with van der Waals surface area (Å²) >= 11 is 0. The van der Waals surface area contributed by atoms with Crippen LogP contribution >= 0.6 is 0 Å². The maximum Gasteiger partial charge on any atom is 0.0723 e. The molecule has 0 spiro atoms. The van der Waals surface area contributed by atoms with Crippen LogP contribution < -0.4 is 5.73 Å². The Labute approximate surface area is 154 Å². The van der Waals surface area contributed by atoms with E-state index in [1.165, 1.54) is 68.1 Å². The number of unbranched alkanes of at least 4 members (excludes halogenated alkanes) is 4. The Balaban J connectivity index is 1.53. The minimum atomic E-state index is 0.0694. The standard InChI is InChI=1S/C23H37NO/c1-3-5-6-7-8-9-22-15-19-11-10-18(14-21(19)17-25-22)20-12-13-23(24,4-2)16-20/h10-11,14,20,22H,3-9,12-13,15-17,24H2,1-2H3/t20-,22-,23+/m0/s1. The van der Waals surface area contributed by atoms with Crippen molar-refractivity contribution in [2.45, 2.75) is 109 Å². The van der Waals surface area contributed by atoms with Gasteiger partial charge in [0.05, 0.1) is 12.7 Å². The minimum absolute atomic E-state index is 0.0694. The average Bonchev–Trinajstić information content (AvgIpc) is 3.04. The molecule has 2 heteroatoms. The van der Waals surface area contributed by atoms with Crippen LogP contribution in [0.4, 0.5) is 0 Å². The Bertz CT molecular complexity index is 555. The zero-order chi connectivity index (χ0) is 17.7. The monoisotopic (exact) mass is 343 g/mol. The van der Waals surface area contributed by atoms with E-state index >= 15 is 0 Å². The van der Waals surface area contributed by atoms with Crippen molar-refractivity contribution in [2.75, 3.05) is 0 Å². The fourth-order valence-corrected chi connectivity index (χ4v) is 4.67. The van der Waals surface area contributed by atoms with E-state index in [0.29, 0.717) is 12.0 Å². The quantitative estimate of drug-likeness (QED) is 0.600. The number of fused-ring (bicyclic) bond motifs is 1. The van der Waals surface area contributed by atoms with Gasteiger partial charge in [-0.3, -0.25) is 0 Å². The predicted octanol–water partition coefficient (Wildman–Crippen LogP) is 5.86. The number of nitrogens with two attached hydrogens (primary N) is 1. The Morgan fingerprint density at radius 1 is 1.12 bits per heavy atom. The van der Waals surface area contributed by atoms with Gasteiger partial charge in [-0.05, 0) is 61.1 Å². The van der Waals surface area contributed by atoms with E-state index in [4.69, 9.17) is 10.5 Å². The highest BCUT2D eigenvalue weighted by Crippen LogP contribution is 2.42. The molecule has 1 aromatic rings. The maximum atomic E-state index is 6.49. The fraction of sp³-hybridized carbons (Fsp3) is 0.739. The molecule has 1 aliphatic carbocycles. The molecule has 1 saturated carbocycles. The highest BCUT2D eigenvalue weighted by atomic mass is 16.5. The van der Waals surface area contributed by atoms with E-state index in [-0.39, 0.29) is 5.54 Å². The van der Waals surface area contributed by atoms with Crippen LogP contribution in [-0.2, 0) is 17.8 Å². The molecule has 0 unspecified atom stereocenters. The first-order chi connectivity index (χ1) is 12.1. The van der Waals surface area contributed by atoms with Crippen molar-refractivity contribution in [3.8, 4) is 0 Å². The number of hydrogen-bond donors (Lipinski definition) is 1.